The molecule has 2 aromatic carbocycles. The van der Waals surface area contributed by atoms with Crippen molar-refractivity contribution in [1.29, 1.82) is 0 Å². The summed E-state index contributed by atoms with van der Waals surface area (Å²) >= 11 is 0. The molecular weight excluding hydrogens is 480 g/mol. The van der Waals surface area contributed by atoms with Gasteiger partial charge in [-0.3, -0.25) is 14.6 Å². The maximum Gasteiger partial charge on any atom is 0.295 e. The van der Waals surface area contributed by atoms with E-state index in [2.05, 4.69) is 9.97 Å². The van der Waals surface area contributed by atoms with Crippen molar-refractivity contribution in [2.75, 3.05) is 6.54 Å². The molecular formula is C30H28N4O4. The second-order valence-corrected chi connectivity index (χ2v) is 9.17. The third-order valence-corrected chi connectivity index (χ3v) is 6.72. The summed E-state index contributed by atoms with van der Waals surface area (Å²) in [6, 6.07) is 17.7. The quantitative estimate of drug-likeness (QED) is 0.200. The zero-order valence-corrected chi connectivity index (χ0v) is 21.0. The van der Waals surface area contributed by atoms with Crippen molar-refractivity contribution < 1.29 is 19.4 Å². The SMILES string of the molecule is Cc1ccccc1COc1ccc(C(O)=C2C(=O)C(=O)N(CCCn3ccnc3)C2c2ccncc2)cc1. The number of carbonyl (C=O) groups excluding carboxylic acids is 2. The molecule has 38 heavy (non-hydrogen) atoms. The number of Topliss-reactive ketones (excluding diaryl/α,β-unsaturated/α-hetero) is 1. The van der Waals surface area contributed by atoms with Crippen molar-refractivity contribution >= 4 is 17.4 Å². The summed E-state index contributed by atoms with van der Waals surface area (Å²) in [5.41, 5.74) is 3.44. The summed E-state index contributed by atoms with van der Waals surface area (Å²) in [4.78, 5) is 35.9. The molecule has 0 radical (unpaired) electrons. The number of hydrogen-bond acceptors (Lipinski definition) is 6. The van der Waals surface area contributed by atoms with Gasteiger partial charge in [-0.2, -0.15) is 0 Å². The average Bonchev–Trinajstić information content (AvgIpc) is 3.55. The van der Waals surface area contributed by atoms with Crippen LogP contribution < -0.4 is 4.74 Å². The zero-order chi connectivity index (χ0) is 26.5. The highest BCUT2D eigenvalue weighted by Crippen LogP contribution is 2.39. The summed E-state index contributed by atoms with van der Waals surface area (Å²) < 4.78 is 7.83. The van der Waals surface area contributed by atoms with E-state index in [1.54, 1.807) is 61.3 Å². The third-order valence-electron chi connectivity index (χ3n) is 6.72. The van der Waals surface area contributed by atoms with Crippen LogP contribution in [0.25, 0.3) is 5.76 Å². The number of ether oxygens (including phenoxy) is 1. The zero-order valence-electron chi connectivity index (χ0n) is 21.0. The number of carbonyl (C=O) groups is 2. The van der Waals surface area contributed by atoms with Gasteiger partial charge in [0.2, 0.25) is 0 Å². The van der Waals surface area contributed by atoms with Gasteiger partial charge in [-0.15, -0.1) is 0 Å². The van der Waals surface area contributed by atoms with E-state index in [1.807, 2.05) is 42.0 Å². The Bertz CT molecular complexity index is 1450. The molecule has 8 heteroatoms. The molecule has 0 spiro atoms. The van der Waals surface area contributed by atoms with Crippen molar-refractivity contribution in [3.63, 3.8) is 0 Å². The number of likely N-dealkylation sites (tertiary alicyclic amines) is 1. The molecule has 0 bridgehead atoms. The van der Waals surface area contributed by atoms with Crippen LogP contribution >= 0.6 is 0 Å². The van der Waals surface area contributed by atoms with Crippen LogP contribution in [0, 0.1) is 6.92 Å². The topological polar surface area (TPSA) is 97.6 Å². The van der Waals surface area contributed by atoms with Crippen molar-refractivity contribution in [1.82, 2.24) is 19.4 Å². The fraction of sp³-hybridized carbons (Fsp3) is 0.200. The number of nitrogens with zero attached hydrogens (tertiary/aromatic N) is 4. The van der Waals surface area contributed by atoms with E-state index in [-0.39, 0.29) is 11.3 Å². The first-order chi connectivity index (χ1) is 18.5. The van der Waals surface area contributed by atoms with Crippen molar-refractivity contribution in [2.24, 2.45) is 0 Å². The fourth-order valence-electron chi connectivity index (χ4n) is 4.64. The highest BCUT2D eigenvalue weighted by Gasteiger charge is 2.45. The highest BCUT2D eigenvalue weighted by molar-refractivity contribution is 6.46. The van der Waals surface area contributed by atoms with Gasteiger partial charge in [0.05, 0.1) is 17.9 Å². The number of rotatable bonds is 9. The number of pyridine rings is 1. The highest BCUT2D eigenvalue weighted by atomic mass is 16.5. The Morgan fingerprint density at radius 3 is 2.42 bits per heavy atom. The summed E-state index contributed by atoms with van der Waals surface area (Å²) in [6.45, 7) is 3.45. The van der Waals surface area contributed by atoms with Crippen LogP contribution in [0.5, 0.6) is 5.75 Å². The van der Waals surface area contributed by atoms with Crippen LogP contribution in [0.2, 0.25) is 0 Å². The molecule has 4 aromatic rings. The Kier molecular flexibility index (Phi) is 7.31. The molecule has 1 fully saturated rings. The minimum atomic E-state index is -0.710. The van der Waals surface area contributed by atoms with E-state index < -0.39 is 17.7 Å². The summed E-state index contributed by atoms with van der Waals surface area (Å²) in [5, 5.41) is 11.3. The molecule has 5 rings (SSSR count). The molecule has 1 aliphatic heterocycles. The van der Waals surface area contributed by atoms with Gasteiger partial charge in [0.15, 0.2) is 0 Å². The van der Waals surface area contributed by atoms with Gasteiger partial charge in [-0.25, -0.2) is 4.98 Å². The first-order valence-electron chi connectivity index (χ1n) is 12.4. The third kappa shape index (κ3) is 5.20. The van der Waals surface area contributed by atoms with Crippen LogP contribution in [0.1, 0.15) is 34.7 Å². The minimum Gasteiger partial charge on any atom is -0.507 e. The van der Waals surface area contributed by atoms with Crippen LogP contribution in [0.15, 0.2) is 97.4 Å². The predicted octanol–water partition coefficient (Wildman–Crippen LogP) is 4.68. The van der Waals surface area contributed by atoms with E-state index in [0.717, 1.165) is 11.1 Å². The molecule has 1 unspecified atom stereocenters. The van der Waals surface area contributed by atoms with Crippen LogP contribution in [0.4, 0.5) is 0 Å². The number of imidazole rings is 1. The van der Waals surface area contributed by atoms with Gasteiger partial charge in [0.1, 0.15) is 18.1 Å². The molecule has 1 saturated heterocycles. The first kappa shape index (κ1) is 25.0. The van der Waals surface area contributed by atoms with E-state index in [0.29, 0.717) is 43.0 Å². The second kappa shape index (κ2) is 11.1. The largest absolute Gasteiger partial charge is 0.507 e. The summed E-state index contributed by atoms with van der Waals surface area (Å²) in [7, 11) is 0. The number of aliphatic hydroxyl groups excluding tert-OH is 1. The van der Waals surface area contributed by atoms with E-state index in [9.17, 15) is 14.7 Å². The standard InChI is InChI=1S/C30H28N4O4/c1-21-5-2-3-6-24(21)19-38-25-9-7-23(8-10-25)28(35)26-27(22-11-13-31-14-12-22)34(30(37)29(26)36)17-4-16-33-18-15-32-20-33/h2-3,5-15,18,20,27,35H,4,16-17,19H2,1H3. The number of aryl methyl sites for hydroxylation is 2. The van der Waals surface area contributed by atoms with Gasteiger partial charge in [-0.1, -0.05) is 24.3 Å². The number of aliphatic hydroxyl groups is 1. The van der Waals surface area contributed by atoms with Crippen LogP contribution in [-0.2, 0) is 22.7 Å². The number of benzene rings is 2. The number of hydrogen-bond donors (Lipinski definition) is 1. The van der Waals surface area contributed by atoms with Gasteiger partial charge < -0.3 is 19.3 Å². The smallest absolute Gasteiger partial charge is 0.295 e. The Morgan fingerprint density at radius 2 is 1.71 bits per heavy atom. The lowest BCUT2D eigenvalue weighted by Crippen LogP contribution is -2.31. The molecule has 0 saturated carbocycles. The van der Waals surface area contributed by atoms with E-state index in [4.69, 9.17) is 4.74 Å². The van der Waals surface area contributed by atoms with Gasteiger partial charge in [0.25, 0.3) is 11.7 Å². The summed E-state index contributed by atoms with van der Waals surface area (Å²) in [6.07, 6.45) is 9.11. The Balaban J connectivity index is 1.40. The molecule has 1 N–H and O–H groups in total. The molecule has 2 aromatic heterocycles. The van der Waals surface area contributed by atoms with Crippen molar-refractivity contribution in [2.45, 2.75) is 32.5 Å². The monoisotopic (exact) mass is 508 g/mol. The number of amides is 1. The molecule has 1 amide bonds. The van der Waals surface area contributed by atoms with Crippen molar-refractivity contribution in [3.05, 3.63) is 120 Å². The molecule has 1 aliphatic rings. The maximum absolute atomic E-state index is 13.2. The molecule has 3 heterocycles. The van der Waals surface area contributed by atoms with Crippen LogP contribution in [-0.4, -0.2) is 42.8 Å². The Hall–Kier alpha value is -4.72. The van der Waals surface area contributed by atoms with Gasteiger partial charge >= 0.3 is 0 Å². The lowest BCUT2D eigenvalue weighted by atomic mass is 9.96. The fourth-order valence-corrected chi connectivity index (χ4v) is 4.64. The van der Waals surface area contributed by atoms with Crippen LogP contribution in [0.3, 0.4) is 0 Å². The average molecular weight is 509 g/mol. The Morgan fingerprint density at radius 1 is 0.947 bits per heavy atom. The molecule has 1 atom stereocenters. The maximum atomic E-state index is 13.2. The predicted molar refractivity (Wildman–Crippen MR) is 142 cm³/mol. The van der Waals surface area contributed by atoms with E-state index >= 15 is 0 Å². The van der Waals surface area contributed by atoms with E-state index in [1.165, 1.54) is 4.90 Å². The minimum absolute atomic E-state index is 0.0670. The number of ketones is 1. The normalized spacial score (nSPS) is 16.7. The second-order valence-electron chi connectivity index (χ2n) is 9.17. The molecule has 8 nitrogen and oxygen atoms in total. The van der Waals surface area contributed by atoms with Crippen molar-refractivity contribution in [3.8, 4) is 5.75 Å². The Labute approximate surface area is 220 Å². The van der Waals surface area contributed by atoms with Gasteiger partial charge in [0, 0.05) is 43.4 Å². The molecule has 192 valence electrons. The first-order valence-corrected chi connectivity index (χ1v) is 12.4. The van der Waals surface area contributed by atoms with Gasteiger partial charge in [-0.05, 0) is 66.4 Å². The lowest BCUT2D eigenvalue weighted by molar-refractivity contribution is -0.139. The molecule has 0 aliphatic carbocycles. The lowest BCUT2D eigenvalue weighted by Gasteiger charge is -2.25. The summed E-state index contributed by atoms with van der Waals surface area (Å²) in [5.74, 6) is -0.910. The number of aromatic nitrogens is 3.